The molecule has 3 aliphatic rings. The van der Waals surface area contributed by atoms with E-state index >= 15 is 0 Å². The van der Waals surface area contributed by atoms with E-state index in [4.69, 9.17) is 27.9 Å². The number of carbonyl (C=O) groups is 1. The van der Waals surface area contributed by atoms with Crippen LogP contribution in [-0.4, -0.2) is 43.1 Å². The summed E-state index contributed by atoms with van der Waals surface area (Å²) in [4.78, 5) is 17.5. The smallest absolute Gasteiger partial charge is 0.265 e. The van der Waals surface area contributed by atoms with Crippen LogP contribution < -0.4 is 9.64 Å². The lowest BCUT2D eigenvalue weighted by Gasteiger charge is -2.49. The van der Waals surface area contributed by atoms with Crippen LogP contribution in [0.1, 0.15) is 12.8 Å². The lowest BCUT2D eigenvalue weighted by atomic mass is 9.83. The molecule has 2 aromatic rings. The first-order valence-corrected chi connectivity index (χ1v) is 10.0. The number of halogens is 2. The Morgan fingerprint density at radius 1 is 1.00 bits per heavy atom. The number of nitrogens with zero attached hydrogens (tertiary/aromatic N) is 2. The molecule has 0 unspecified atom stereocenters. The summed E-state index contributed by atoms with van der Waals surface area (Å²) in [7, 11) is 0. The molecular formula is C21H22Cl2N2O2. The Balaban J connectivity index is 1.54. The zero-order valence-electron chi connectivity index (χ0n) is 15.0. The van der Waals surface area contributed by atoms with Crippen molar-refractivity contribution in [3.8, 4) is 5.75 Å². The van der Waals surface area contributed by atoms with Crippen molar-refractivity contribution in [2.75, 3.05) is 31.1 Å². The maximum atomic E-state index is 13.2. The SMILES string of the molecule is O=C(COc1ccc(Cl)cc1)N(c1ccc(Cl)cc1)[C@H]1CN2CCC1CC2. The summed E-state index contributed by atoms with van der Waals surface area (Å²) in [6, 6.07) is 14.7. The van der Waals surface area contributed by atoms with Gasteiger partial charge in [0.15, 0.2) is 6.61 Å². The van der Waals surface area contributed by atoms with Crippen molar-refractivity contribution in [3.63, 3.8) is 0 Å². The van der Waals surface area contributed by atoms with Crippen LogP contribution in [0.2, 0.25) is 10.0 Å². The number of amides is 1. The summed E-state index contributed by atoms with van der Waals surface area (Å²) < 4.78 is 5.73. The molecule has 1 amide bonds. The molecule has 3 heterocycles. The molecule has 0 aromatic heterocycles. The second-order valence-corrected chi connectivity index (χ2v) is 8.06. The van der Waals surface area contributed by atoms with E-state index < -0.39 is 0 Å². The summed E-state index contributed by atoms with van der Waals surface area (Å²) in [6.07, 6.45) is 2.28. The van der Waals surface area contributed by atoms with E-state index in [0.717, 1.165) is 38.2 Å². The van der Waals surface area contributed by atoms with E-state index in [1.165, 1.54) is 0 Å². The van der Waals surface area contributed by atoms with Crippen molar-refractivity contribution < 1.29 is 9.53 Å². The summed E-state index contributed by atoms with van der Waals surface area (Å²) in [5.74, 6) is 1.13. The largest absolute Gasteiger partial charge is 0.484 e. The summed E-state index contributed by atoms with van der Waals surface area (Å²) in [5.41, 5.74) is 0.878. The van der Waals surface area contributed by atoms with Crippen LogP contribution in [-0.2, 0) is 4.79 Å². The molecule has 4 nitrogen and oxygen atoms in total. The molecule has 3 aliphatic heterocycles. The van der Waals surface area contributed by atoms with Gasteiger partial charge in [-0.15, -0.1) is 0 Å². The highest BCUT2D eigenvalue weighted by atomic mass is 35.5. The molecule has 5 rings (SSSR count). The molecule has 2 aromatic carbocycles. The average Bonchev–Trinajstić information content (AvgIpc) is 2.70. The lowest BCUT2D eigenvalue weighted by molar-refractivity contribution is -0.122. The van der Waals surface area contributed by atoms with Crippen LogP contribution in [0.4, 0.5) is 5.69 Å². The van der Waals surface area contributed by atoms with E-state index in [1.54, 1.807) is 24.3 Å². The number of carbonyl (C=O) groups excluding carboxylic acids is 1. The molecule has 1 atom stereocenters. The highest BCUT2D eigenvalue weighted by Gasteiger charge is 2.40. The highest BCUT2D eigenvalue weighted by molar-refractivity contribution is 6.30. The second-order valence-electron chi connectivity index (χ2n) is 7.19. The molecule has 0 aliphatic carbocycles. The predicted molar refractivity (Wildman–Crippen MR) is 109 cm³/mol. The van der Waals surface area contributed by atoms with E-state index in [2.05, 4.69) is 4.90 Å². The molecule has 0 N–H and O–H groups in total. The molecular weight excluding hydrogens is 383 g/mol. The fourth-order valence-corrected chi connectivity index (χ4v) is 4.35. The normalized spacial score (nSPS) is 23.9. The number of hydrogen-bond acceptors (Lipinski definition) is 3. The van der Waals surface area contributed by atoms with Gasteiger partial charge in [0.25, 0.3) is 5.91 Å². The second kappa shape index (κ2) is 8.09. The maximum absolute atomic E-state index is 13.2. The Labute approximate surface area is 169 Å². The third-order valence-electron chi connectivity index (χ3n) is 5.50. The Bertz CT molecular complexity index is 787. The first kappa shape index (κ1) is 18.6. The van der Waals surface area contributed by atoms with Crippen molar-refractivity contribution in [2.24, 2.45) is 5.92 Å². The fraction of sp³-hybridized carbons (Fsp3) is 0.381. The molecule has 142 valence electrons. The van der Waals surface area contributed by atoms with Crippen molar-refractivity contribution in [2.45, 2.75) is 18.9 Å². The Hall–Kier alpha value is -1.75. The van der Waals surface area contributed by atoms with Gasteiger partial charge in [0, 0.05) is 22.3 Å². The lowest BCUT2D eigenvalue weighted by Crippen LogP contribution is -2.59. The topological polar surface area (TPSA) is 32.8 Å². The Morgan fingerprint density at radius 3 is 2.15 bits per heavy atom. The number of ether oxygens (including phenoxy) is 1. The standard InChI is InChI=1S/C21H22Cl2N2O2/c22-16-1-5-18(6-2-16)25(20-13-24-11-9-15(20)10-12-24)21(26)14-27-19-7-3-17(23)4-8-19/h1-8,15,20H,9-14H2/t20-/m0/s1. The minimum Gasteiger partial charge on any atom is -0.484 e. The molecule has 0 radical (unpaired) electrons. The summed E-state index contributed by atoms with van der Waals surface area (Å²) in [5, 5.41) is 1.31. The van der Waals surface area contributed by atoms with Crippen LogP contribution in [0.25, 0.3) is 0 Å². The van der Waals surface area contributed by atoms with Gasteiger partial charge in [0.05, 0.1) is 6.04 Å². The van der Waals surface area contributed by atoms with Crippen molar-refractivity contribution in [1.82, 2.24) is 4.90 Å². The highest BCUT2D eigenvalue weighted by Crippen LogP contribution is 2.34. The number of rotatable bonds is 5. The molecule has 27 heavy (non-hydrogen) atoms. The van der Waals surface area contributed by atoms with Gasteiger partial charge in [0.2, 0.25) is 0 Å². The van der Waals surface area contributed by atoms with Crippen LogP contribution in [0, 0.1) is 5.92 Å². The first-order valence-electron chi connectivity index (χ1n) is 9.28. The average molecular weight is 405 g/mol. The number of anilines is 1. The molecule has 2 bridgehead atoms. The van der Waals surface area contributed by atoms with Gasteiger partial charge in [0.1, 0.15) is 5.75 Å². The fourth-order valence-electron chi connectivity index (χ4n) is 4.09. The van der Waals surface area contributed by atoms with Crippen LogP contribution in [0.3, 0.4) is 0 Å². The number of hydrogen-bond donors (Lipinski definition) is 0. The molecule has 6 heteroatoms. The van der Waals surface area contributed by atoms with Gasteiger partial charge in [-0.3, -0.25) is 4.79 Å². The van der Waals surface area contributed by atoms with Crippen molar-refractivity contribution in [1.29, 1.82) is 0 Å². The van der Waals surface area contributed by atoms with Gasteiger partial charge in [-0.1, -0.05) is 23.2 Å². The van der Waals surface area contributed by atoms with E-state index in [9.17, 15) is 4.79 Å². The van der Waals surface area contributed by atoms with Gasteiger partial charge in [-0.25, -0.2) is 0 Å². The molecule has 3 saturated heterocycles. The zero-order chi connectivity index (χ0) is 18.8. The Kier molecular flexibility index (Phi) is 5.58. The van der Waals surface area contributed by atoms with Crippen molar-refractivity contribution in [3.05, 3.63) is 58.6 Å². The third-order valence-corrected chi connectivity index (χ3v) is 6.01. The van der Waals surface area contributed by atoms with Crippen LogP contribution in [0.5, 0.6) is 5.75 Å². The maximum Gasteiger partial charge on any atom is 0.265 e. The first-order chi connectivity index (χ1) is 13.1. The molecule has 0 spiro atoms. The summed E-state index contributed by atoms with van der Waals surface area (Å²) >= 11 is 12.0. The predicted octanol–water partition coefficient (Wildman–Crippen LogP) is 4.50. The van der Waals surface area contributed by atoms with Crippen LogP contribution >= 0.6 is 23.2 Å². The van der Waals surface area contributed by atoms with Gasteiger partial charge < -0.3 is 14.5 Å². The van der Waals surface area contributed by atoms with E-state index in [1.807, 2.05) is 29.2 Å². The van der Waals surface area contributed by atoms with Gasteiger partial charge in [-0.05, 0) is 80.4 Å². The number of fused-ring (bicyclic) bond motifs is 3. The third kappa shape index (κ3) is 4.23. The number of piperidine rings is 3. The van der Waals surface area contributed by atoms with E-state index in [-0.39, 0.29) is 18.6 Å². The van der Waals surface area contributed by atoms with Crippen LogP contribution in [0.15, 0.2) is 48.5 Å². The number of benzene rings is 2. The minimum atomic E-state index is -0.0361. The summed E-state index contributed by atoms with van der Waals surface area (Å²) in [6.45, 7) is 3.17. The quantitative estimate of drug-likeness (QED) is 0.735. The molecule has 3 fully saturated rings. The Morgan fingerprint density at radius 2 is 1.59 bits per heavy atom. The van der Waals surface area contributed by atoms with Gasteiger partial charge >= 0.3 is 0 Å². The van der Waals surface area contributed by atoms with Crippen molar-refractivity contribution >= 4 is 34.8 Å². The monoisotopic (exact) mass is 404 g/mol. The van der Waals surface area contributed by atoms with E-state index in [0.29, 0.717) is 21.7 Å². The van der Waals surface area contributed by atoms with Gasteiger partial charge in [-0.2, -0.15) is 0 Å². The zero-order valence-corrected chi connectivity index (χ0v) is 16.5. The molecule has 0 saturated carbocycles. The minimum absolute atomic E-state index is 0.00647.